The zero-order valence-electron chi connectivity index (χ0n) is 14.8. The van der Waals surface area contributed by atoms with Crippen molar-refractivity contribution in [2.24, 2.45) is 5.41 Å². The molecule has 5 nitrogen and oxygen atoms in total. The summed E-state index contributed by atoms with van der Waals surface area (Å²) in [6, 6.07) is 2.41. The third-order valence-electron chi connectivity index (χ3n) is 5.29. The average Bonchev–Trinajstić information content (AvgIpc) is 3.02. The summed E-state index contributed by atoms with van der Waals surface area (Å²) in [5, 5.41) is 10.3. The number of carbonyl (C=O) groups is 2. The van der Waals surface area contributed by atoms with Gasteiger partial charge in [0.05, 0.1) is 6.54 Å². The van der Waals surface area contributed by atoms with Gasteiger partial charge in [-0.3, -0.25) is 9.59 Å². The van der Waals surface area contributed by atoms with E-state index in [0.717, 1.165) is 38.8 Å². The van der Waals surface area contributed by atoms with Crippen molar-refractivity contribution in [2.75, 3.05) is 19.6 Å². The predicted octanol–water partition coefficient (Wildman–Crippen LogP) is 2.56. The van der Waals surface area contributed by atoms with Crippen LogP contribution < -0.4 is 10.6 Å². The SMILES string of the molecule is CCCC(=O)NCC(=O)N(Cc1ccsc1)C1CC12CCNCC2.Cl. The lowest BCUT2D eigenvalue weighted by Crippen LogP contribution is -2.43. The van der Waals surface area contributed by atoms with Crippen molar-refractivity contribution >= 4 is 35.6 Å². The highest BCUT2D eigenvalue weighted by atomic mass is 35.5. The molecule has 2 N–H and O–H groups in total. The number of halogens is 1. The molecule has 1 aromatic rings. The fourth-order valence-corrected chi connectivity index (χ4v) is 4.43. The van der Waals surface area contributed by atoms with E-state index in [-0.39, 0.29) is 30.8 Å². The lowest BCUT2D eigenvalue weighted by molar-refractivity contribution is -0.134. The summed E-state index contributed by atoms with van der Waals surface area (Å²) in [5.41, 5.74) is 1.49. The molecule has 0 aromatic carbocycles. The van der Waals surface area contributed by atoms with Crippen molar-refractivity contribution in [1.82, 2.24) is 15.5 Å². The summed E-state index contributed by atoms with van der Waals surface area (Å²) in [5.74, 6) is 0.0137. The third kappa shape index (κ3) is 4.96. The molecule has 1 unspecified atom stereocenters. The Morgan fingerprint density at radius 1 is 1.40 bits per heavy atom. The summed E-state index contributed by atoms with van der Waals surface area (Å²) >= 11 is 1.66. The molecule has 2 heterocycles. The van der Waals surface area contributed by atoms with Crippen LogP contribution in [0.15, 0.2) is 16.8 Å². The number of carbonyl (C=O) groups excluding carboxylic acids is 2. The highest BCUT2D eigenvalue weighted by Gasteiger charge is 2.57. The molecule has 1 aromatic heterocycles. The van der Waals surface area contributed by atoms with Gasteiger partial charge in [-0.1, -0.05) is 6.92 Å². The van der Waals surface area contributed by atoms with Gasteiger partial charge in [0.1, 0.15) is 0 Å². The van der Waals surface area contributed by atoms with E-state index in [9.17, 15) is 9.59 Å². The van der Waals surface area contributed by atoms with Crippen LogP contribution in [0.4, 0.5) is 0 Å². The van der Waals surface area contributed by atoms with Crippen LogP contribution in [0.1, 0.15) is 44.6 Å². The Balaban J connectivity index is 0.00000225. The minimum Gasteiger partial charge on any atom is -0.347 e. The van der Waals surface area contributed by atoms with E-state index in [1.165, 1.54) is 5.56 Å². The van der Waals surface area contributed by atoms with Gasteiger partial charge in [-0.25, -0.2) is 0 Å². The predicted molar refractivity (Wildman–Crippen MR) is 103 cm³/mol. The van der Waals surface area contributed by atoms with Gasteiger partial charge >= 0.3 is 0 Å². The zero-order chi connectivity index (χ0) is 17.0. The Kier molecular flexibility index (Phi) is 7.28. The highest BCUT2D eigenvalue weighted by Crippen LogP contribution is 2.56. The number of rotatable bonds is 7. The first kappa shape index (κ1) is 20.2. The van der Waals surface area contributed by atoms with Crippen LogP contribution in [0, 0.1) is 5.41 Å². The highest BCUT2D eigenvalue weighted by molar-refractivity contribution is 7.07. The standard InChI is InChI=1S/C18H27N3O2S.ClH/c1-2-3-16(22)20-11-17(23)21(12-14-4-9-24-13-14)15-10-18(15)5-7-19-8-6-18;/h4,9,13,15,19H,2-3,5-8,10-12H2,1H3,(H,20,22);1H. The maximum atomic E-state index is 12.8. The van der Waals surface area contributed by atoms with E-state index in [1.807, 2.05) is 17.2 Å². The van der Waals surface area contributed by atoms with Gasteiger partial charge in [0.15, 0.2) is 0 Å². The maximum Gasteiger partial charge on any atom is 0.242 e. The monoisotopic (exact) mass is 385 g/mol. The van der Waals surface area contributed by atoms with E-state index in [2.05, 4.69) is 22.1 Å². The number of hydrogen-bond donors (Lipinski definition) is 2. The number of amides is 2. The molecule has 1 saturated heterocycles. The van der Waals surface area contributed by atoms with Gasteiger partial charge in [0.25, 0.3) is 0 Å². The van der Waals surface area contributed by atoms with Crippen LogP contribution >= 0.6 is 23.7 Å². The van der Waals surface area contributed by atoms with Crippen molar-refractivity contribution in [2.45, 2.75) is 51.6 Å². The molecule has 1 aliphatic heterocycles. The fourth-order valence-electron chi connectivity index (χ4n) is 3.77. The topological polar surface area (TPSA) is 61.4 Å². The first-order valence-corrected chi connectivity index (χ1v) is 9.87. The van der Waals surface area contributed by atoms with Crippen molar-refractivity contribution in [3.63, 3.8) is 0 Å². The van der Waals surface area contributed by atoms with E-state index in [1.54, 1.807) is 11.3 Å². The van der Waals surface area contributed by atoms with E-state index >= 15 is 0 Å². The van der Waals surface area contributed by atoms with E-state index in [0.29, 0.717) is 24.4 Å². The Hall–Kier alpha value is -1.11. The van der Waals surface area contributed by atoms with Crippen LogP contribution in [-0.2, 0) is 16.1 Å². The molecular formula is C18H28ClN3O2S. The molecular weight excluding hydrogens is 358 g/mol. The smallest absolute Gasteiger partial charge is 0.242 e. The zero-order valence-corrected chi connectivity index (χ0v) is 16.4. The molecule has 0 bridgehead atoms. The molecule has 1 spiro atoms. The molecule has 2 aliphatic rings. The van der Waals surface area contributed by atoms with Gasteiger partial charge in [-0.2, -0.15) is 11.3 Å². The molecule has 3 rings (SSSR count). The fraction of sp³-hybridized carbons (Fsp3) is 0.667. The van der Waals surface area contributed by atoms with Crippen LogP contribution in [-0.4, -0.2) is 42.4 Å². The molecule has 1 saturated carbocycles. The minimum absolute atomic E-state index is 0. The summed E-state index contributed by atoms with van der Waals surface area (Å²) in [7, 11) is 0. The van der Waals surface area contributed by atoms with E-state index in [4.69, 9.17) is 0 Å². The van der Waals surface area contributed by atoms with Crippen LogP contribution in [0.25, 0.3) is 0 Å². The number of nitrogens with zero attached hydrogens (tertiary/aromatic N) is 1. The van der Waals surface area contributed by atoms with Crippen molar-refractivity contribution in [3.05, 3.63) is 22.4 Å². The third-order valence-corrected chi connectivity index (χ3v) is 6.02. The Morgan fingerprint density at radius 3 is 2.80 bits per heavy atom. The van der Waals surface area contributed by atoms with Gasteiger partial charge in [-0.15, -0.1) is 12.4 Å². The summed E-state index contributed by atoms with van der Waals surface area (Å²) in [4.78, 5) is 26.5. The van der Waals surface area contributed by atoms with Crippen molar-refractivity contribution in [3.8, 4) is 0 Å². The lowest BCUT2D eigenvalue weighted by Gasteiger charge is -2.29. The first-order chi connectivity index (χ1) is 11.6. The maximum absolute atomic E-state index is 12.8. The molecule has 7 heteroatoms. The number of nitrogens with one attached hydrogen (secondary N) is 2. The molecule has 1 atom stereocenters. The van der Waals surface area contributed by atoms with Crippen molar-refractivity contribution in [1.29, 1.82) is 0 Å². The molecule has 140 valence electrons. The molecule has 2 amide bonds. The normalized spacial score (nSPS) is 20.6. The Bertz CT molecular complexity index is 573. The van der Waals surface area contributed by atoms with Crippen LogP contribution in [0.5, 0.6) is 0 Å². The second-order valence-electron chi connectivity index (χ2n) is 7.01. The summed E-state index contributed by atoms with van der Waals surface area (Å²) in [6.45, 7) is 4.84. The summed E-state index contributed by atoms with van der Waals surface area (Å²) < 4.78 is 0. The van der Waals surface area contributed by atoms with Gasteiger partial charge in [0.2, 0.25) is 11.8 Å². The Morgan fingerprint density at radius 2 is 2.16 bits per heavy atom. The van der Waals surface area contributed by atoms with Gasteiger partial charge in [-0.05, 0) is 66.6 Å². The number of thiophene rings is 1. The number of hydrogen-bond acceptors (Lipinski definition) is 4. The molecule has 2 fully saturated rings. The summed E-state index contributed by atoms with van der Waals surface area (Å²) in [6.07, 6.45) is 4.68. The second-order valence-corrected chi connectivity index (χ2v) is 7.79. The quantitative estimate of drug-likeness (QED) is 0.758. The minimum atomic E-state index is -0.0336. The molecule has 0 radical (unpaired) electrons. The molecule has 25 heavy (non-hydrogen) atoms. The van der Waals surface area contributed by atoms with Crippen LogP contribution in [0.2, 0.25) is 0 Å². The lowest BCUT2D eigenvalue weighted by atomic mass is 9.93. The number of piperidine rings is 1. The molecule has 1 aliphatic carbocycles. The second kappa shape index (κ2) is 9.01. The van der Waals surface area contributed by atoms with Gasteiger partial charge < -0.3 is 15.5 Å². The Labute approximate surface area is 160 Å². The van der Waals surface area contributed by atoms with E-state index < -0.39 is 0 Å². The average molecular weight is 386 g/mol. The largest absolute Gasteiger partial charge is 0.347 e. The van der Waals surface area contributed by atoms with Gasteiger partial charge in [0, 0.05) is 19.0 Å². The first-order valence-electron chi connectivity index (χ1n) is 8.92. The van der Waals surface area contributed by atoms with Crippen LogP contribution in [0.3, 0.4) is 0 Å². The van der Waals surface area contributed by atoms with Crippen molar-refractivity contribution < 1.29 is 9.59 Å².